The molecular weight excluding hydrogens is 304 g/mol. The third kappa shape index (κ3) is 4.45. The first kappa shape index (κ1) is 19.1. The van der Waals surface area contributed by atoms with Gasteiger partial charge in [0.25, 0.3) is 0 Å². The number of allylic oxidation sites excluding steroid dienone is 3. The lowest BCUT2D eigenvalue weighted by atomic mass is 9.78. The van der Waals surface area contributed by atoms with Crippen LogP contribution >= 0.6 is 0 Å². The molecule has 2 aromatic rings. The van der Waals surface area contributed by atoms with Crippen LogP contribution in [0.5, 0.6) is 0 Å². The van der Waals surface area contributed by atoms with Crippen molar-refractivity contribution in [2.75, 3.05) is 0 Å². The standard InChI is InChI=1S/C23H30N2/c1-8-19(12-18(5)22-24-14-16(3)15-25-22)20-11-10-17(4)21(13-20)23(6,7)9-2/h10-15H,5,8-9H2,1-4,6-7H3/b19-12+. The summed E-state index contributed by atoms with van der Waals surface area (Å²) in [5.74, 6) is 0.692. The Kier molecular flexibility index (Phi) is 5.94. The van der Waals surface area contributed by atoms with E-state index in [9.17, 15) is 0 Å². The van der Waals surface area contributed by atoms with E-state index in [-0.39, 0.29) is 5.41 Å². The van der Waals surface area contributed by atoms with Crippen LogP contribution in [0.2, 0.25) is 0 Å². The highest BCUT2D eigenvalue weighted by atomic mass is 14.9. The largest absolute Gasteiger partial charge is 0.236 e. The molecule has 0 amide bonds. The number of aryl methyl sites for hydroxylation is 2. The topological polar surface area (TPSA) is 25.8 Å². The van der Waals surface area contributed by atoms with Gasteiger partial charge in [-0.3, -0.25) is 0 Å². The van der Waals surface area contributed by atoms with Crippen LogP contribution in [0.3, 0.4) is 0 Å². The van der Waals surface area contributed by atoms with E-state index >= 15 is 0 Å². The van der Waals surface area contributed by atoms with Crippen LogP contribution in [0, 0.1) is 13.8 Å². The number of aromatic nitrogens is 2. The van der Waals surface area contributed by atoms with Crippen molar-refractivity contribution in [3.05, 3.63) is 71.3 Å². The van der Waals surface area contributed by atoms with Crippen LogP contribution in [0.1, 0.15) is 68.6 Å². The smallest absolute Gasteiger partial charge is 0.158 e. The first-order chi connectivity index (χ1) is 11.8. The second-order valence-corrected chi connectivity index (χ2v) is 7.40. The predicted molar refractivity (Wildman–Crippen MR) is 109 cm³/mol. The molecule has 0 N–H and O–H groups in total. The summed E-state index contributed by atoms with van der Waals surface area (Å²) in [4.78, 5) is 8.78. The summed E-state index contributed by atoms with van der Waals surface area (Å²) >= 11 is 0. The molecule has 0 fully saturated rings. The summed E-state index contributed by atoms with van der Waals surface area (Å²) in [6, 6.07) is 6.79. The van der Waals surface area contributed by atoms with Crippen molar-refractivity contribution in [3.63, 3.8) is 0 Å². The van der Waals surface area contributed by atoms with E-state index < -0.39 is 0 Å². The van der Waals surface area contributed by atoms with Crippen molar-refractivity contribution in [3.8, 4) is 0 Å². The molecule has 1 heterocycles. The molecule has 0 saturated heterocycles. The molecule has 0 bridgehead atoms. The normalized spacial score (nSPS) is 12.3. The van der Waals surface area contributed by atoms with Crippen LogP contribution in [0.25, 0.3) is 11.1 Å². The summed E-state index contributed by atoms with van der Waals surface area (Å²) in [5.41, 5.74) is 7.39. The van der Waals surface area contributed by atoms with E-state index in [1.807, 2.05) is 19.3 Å². The second-order valence-electron chi connectivity index (χ2n) is 7.40. The molecular formula is C23H30N2. The number of hydrogen-bond acceptors (Lipinski definition) is 2. The summed E-state index contributed by atoms with van der Waals surface area (Å²) in [7, 11) is 0. The number of rotatable bonds is 6. The zero-order valence-electron chi connectivity index (χ0n) is 16.5. The summed E-state index contributed by atoms with van der Waals surface area (Å²) in [5, 5.41) is 0. The molecule has 0 saturated carbocycles. The van der Waals surface area contributed by atoms with Gasteiger partial charge in [-0.1, -0.05) is 52.5 Å². The van der Waals surface area contributed by atoms with E-state index in [0.29, 0.717) is 5.82 Å². The zero-order chi connectivity index (χ0) is 18.6. The zero-order valence-corrected chi connectivity index (χ0v) is 16.5. The SMILES string of the molecule is C=C(/C=C(\CC)c1ccc(C)c(C(C)(C)CC)c1)c1ncc(C)cn1. The average Bonchev–Trinajstić information content (AvgIpc) is 2.60. The van der Waals surface area contributed by atoms with E-state index in [2.05, 4.69) is 75.4 Å². The van der Waals surface area contributed by atoms with E-state index in [1.165, 1.54) is 22.3 Å². The Morgan fingerprint density at radius 1 is 1.12 bits per heavy atom. The Balaban J connectivity index is 2.42. The van der Waals surface area contributed by atoms with Gasteiger partial charge in [-0.15, -0.1) is 0 Å². The highest BCUT2D eigenvalue weighted by Crippen LogP contribution is 2.33. The van der Waals surface area contributed by atoms with Crippen molar-refractivity contribution in [1.29, 1.82) is 0 Å². The van der Waals surface area contributed by atoms with Crippen molar-refractivity contribution in [1.82, 2.24) is 9.97 Å². The van der Waals surface area contributed by atoms with E-state index in [4.69, 9.17) is 0 Å². The predicted octanol–water partition coefficient (Wildman–Crippen LogP) is 6.29. The monoisotopic (exact) mass is 334 g/mol. The molecule has 0 aliphatic carbocycles. The van der Waals surface area contributed by atoms with Gasteiger partial charge in [0.15, 0.2) is 5.82 Å². The van der Waals surface area contributed by atoms with Crippen LogP contribution < -0.4 is 0 Å². The minimum atomic E-state index is 0.177. The first-order valence-electron chi connectivity index (χ1n) is 9.08. The number of benzene rings is 1. The Morgan fingerprint density at radius 3 is 2.32 bits per heavy atom. The van der Waals surface area contributed by atoms with Crippen molar-refractivity contribution >= 4 is 11.1 Å². The Bertz CT molecular complexity index is 780. The fourth-order valence-electron chi connectivity index (χ4n) is 2.96. The highest BCUT2D eigenvalue weighted by molar-refractivity contribution is 5.80. The molecule has 0 atom stereocenters. The molecule has 1 aromatic carbocycles. The molecule has 2 rings (SSSR count). The number of nitrogens with zero attached hydrogens (tertiary/aromatic N) is 2. The van der Waals surface area contributed by atoms with E-state index in [0.717, 1.165) is 24.0 Å². The maximum Gasteiger partial charge on any atom is 0.158 e. The van der Waals surface area contributed by atoms with Crippen LogP contribution in [0.15, 0.2) is 43.2 Å². The van der Waals surface area contributed by atoms with Gasteiger partial charge >= 0.3 is 0 Å². The quantitative estimate of drug-likeness (QED) is 0.580. The van der Waals surface area contributed by atoms with Gasteiger partial charge in [0.05, 0.1) is 0 Å². The molecule has 0 unspecified atom stereocenters. The van der Waals surface area contributed by atoms with Gasteiger partial charge in [-0.25, -0.2) is 9.97 Å². The van der Waals surface area contributed by atoms with Gasteiger partial charge < -0.3 is 0 Å². The summed E-state index contributed by atoms with van der Waals surface area (Å²) in [6.45, 7) is 17.4. The lowest BCUT2D eigenvalue weighted by Crippen LogP contribution is -2.17. The van der Waals surface area contributed by atoms with Gasteiger partial charge in [0, 0.05) is 18.0 Å². The van der Waals surface area contributed by atoms with Gasteiger partial charge in [-0.2, -0.15) is 0 Å². The minimum Gasteiger partial charge on any atom is -0.236 e. The Morgan fingerprint density at radius 2 is 1.76 bits per heavy atom. The molecule has 132 valence electrons. The summed E-state index contributed by atoms with van der Waals surface area (Å²) in [6.07, 6.45) is 7.85. The molecule has 2 heteroatoms. The third-order valence-electron chi connectivity index (χ3n) is 5.02. The van der Waals surface area contributed by atoms with Crippen LogP contribution in [-0.2, 0) is 5.41 Å². The highest BCUT2D eigenvalue weighted by Gasteiger charge is 2.20. The Labute approximate surface area is 152 Å². The molecule has 0 aliphatic rings. The van der Waals surface area contributed by atoms with Crippen molar-refractivity contribution in [2.24, 2.45) is 0 Å². The maximum atomic E-state index is 4.39. The fourth-order valence-corrected chi connectivity index (χ4v) is 2.96. The third-order valence-corrected chi connectivity index (χ3v) is 5.02. The molecule has 1 aromatic heterocycles. The lowest BCUT2D eigenvalue weighted by Gasteiger charge is -2.26. The molecule has 0 aliphatic heterocycles. The molecule has 2 nitrogen and oxygen atoms in total. The Hall–Kier alpha value is -2.22. The van der Waals surface area contributed by atoms with Gasteiger partial charge in [-0.05, 0) is 66.0 Å². The van der Waals surface area contributed by atoms with Crippen LogP contribution in [-0.4, -0.2) is 9.97 Å². The maximum absolute atomic E-state index is 4.39. The molecule has 0 spiro atoms. The molecule has 25 heavy (non-hydrogen) atoms. The lowest BCUT2D eigenvalue weighted by molar-refractivity contribution is 0.503. The fraction of sp³-hybridized carbons (Fsp3) is 0.391. The molecule has 0 radical (unpaired) electrons. The van der Waals surface area contributed by atoms with Crippen LogP contribution in [0.4, 0.5) is 0 Å². The average molecular weight is 335 g/mol. The number of hydrogen-bond donors (Lipinski definition) is 0. The first-order valence-corrected chi connectivity index (χ1v) is 9.08. The second kappa shape index (κ2) is 7.77. The van der Waals surface area contributed by atoms with E-state index in [1.54, 1.807) is 0 Å². The van der Waals surface area contributed by atoms with Gasteiger partial charge in [0.1, 0.15) is 0 Å². The minimum absolute atomic E-state index is 0.177. The van der Waals surface area contributed by atoms with Crippen molar-refractivity contribution < 1.29 is 0 Å². The summed E-state index contributed by atoms with van der Waals surface area (Å²) < 4.78 is 0. The van der Waals surface area contributed by atoms with Gasteiger partial charge in [0.2, 0.25) is 0 Å². The van der Waals surface area contributed by atoms with Crippen molar-refractivity contribution in [2.45, 2.75) is 59.8 Å².